The van der Waals surface area contributed by atoms with E-state index < -0.39 is 12.0 Å². The van der Waals surface area contributed by atoms with Crippen molar-refractivity contribution in [3.8, 4) is 11.5 Å². The van der Waals surface area contributed by atoms with Gasteiger partial charge in [0.15, 0.2) is 16.7 Å². The van der Waals surface area contributed by atoms with E-state index in [9.17, 15) is 9.59 Å². The molecule has 2 heterocycles. The van der Waals surface area contributed by atoms with Gasteiger partial charge in [0.2, 0.25) is 5.91 Å². The van der Waals surface area contributed by atoms with Gasteiger partial charge in [-0.25, -0.2) is 9.79 Å². The number of aliphatic imine (C=N–C) groups is 1. The van der Waals surface area contributed by atoms with Gasteiger partial charge in [-0.05, 0) is 37.0 Å². The molecule has 0 bridgehead atoms. The number of ether oxygens (including phenoxy) is 3. The molecule has 30 heavy (non-hydrogen) atoms. The average Bonchev–Trinajstić information content (AvgIpc) is 3.05. The van der Waals surface area contributed by atoms with Gasteiger partial charge in [-0.2, -0.15) is 0 Å². The van der Waals surface area contributed by atoms with E-state index in [0.29, 0.717) is 41.0 Å². The monoisotopic (exact) mass is 432 g/mol. The number of amides is 1. The van der Waals surface area contributed by atoms with E-state index in [2.05, 4.69) is 4.99 Å². The molecule has 0 saturated carbocycles. The van der Waals surface area contributed by atoms with Gasteiger partial charge in [-0.1, -0.05) is 38.6 Å². The van der Waals surface area contributed by atoms with Crippen molar-refractivity contribution >= 4 is 28.8 Å². The van der Waals surface area contributed by atoms with E-state index in [0.717, 1.165) is 5.56 Å². The fourth-order valence-corrected chi connectivity index (χ4v) is 4.64. The molecule has 0 spiro atoms. The second-order valence-corrected chi connectivity index (χ2v) is 8.80. The minimum absolute atomic E-state index is 0.0531. The molecule has 0 unspecified atom stereocenters. The van der Waals surface area contributed by atoms with E-state index in [-0.39, 0.29) is 17.1 Å². The Hall–Kier alpha value is -2.48. The van der Waals surface area contributed by atoms with Crippen molar-refractivity contribution in [2.45, 2.75) is 45.4 Å². The lowest BCUT2D eigenvalue weighted by Crippen LogP contribution is -2.41. The van der Waals surface area contributed by atoms with E-state index in [4.69, 9.17) is 14.2 Å². The Morgan fingerprint density at radius 1 is 1.23 bits per heavy atom. The van der Waals surface area contributed by atoms with Crippen LogP contribution in [0, 0.1) is 5.92 Å². The molecular weight excluding hydrogens is 404 g/mol. The largest absolute Gasteiger partial charge is 0.493 e. The topological polar surface area (TPSA) is 77.4 Å². The highest BCUT2D eigenvalue weighted by atomic mass is 32.2. The third kappa shape index (κ3) is 4.05. The van der Waals surface area contributed by atoms with E-state index in [1.165, 1.54) is 11.8 Å². The third-order valence-corrected chi connectivity index (χ3v) is 6.33. The Balaban J connectivity index is 2.11. The zero-order chi connectivity index (χ0) is 22.0. The quantitative estimate of drug-likeness (QED) is 0.608. The number of benzene rings is 1. The highest BCUT2D eigenvalue weighted by molar-refractivity contribution is 8.15. The number of methoxy groups -OCH3 is 2. The minimum atomic E-state index is -0.631. The zero-order valence-electron chi connectivity index (χ0n) is 18.2. The standard InChI is InChI=1S/C22H28N2O5S/c1-7-17-20(25)24-19(14-8-9-15(27-5)16(10-14)28-6)18(13(4)23-22(24)30-17)21(26)29-11-12(2)3/h8-10,12,17,19H,7,11H2,1-6H3/t17-,19-/m0/s1. The summed E-state index contributed by atoms with van der Waals surface area (Å²) in [7, 11) is 3.12. The molecular formula is C22H28N2O5S. The van der Waals surface area contributed by atoms with E-state index in [1.807, 2.05) is 26.8 Å². The Labute approximate surface area is 181 Å². The maximum absolute atomic E-state index is 13.2. The smallest absolute Gasteiger partial charge is 0.338 e. The second-order valence-electron chi connectivity index (χ2n) is 7.63. The number of fused-ring (bicyclic) bond motifs is 1. The van der Waals surface area contributed by atoms with Crippen LogP contribution in [0.15, 0.2) is 34.5 Å². The van der Waals surface area contributed by atoms with Crippen LogP contribution in [0.5, 0.6) is 11.5 Å². The SMILES string of the molecule is CC[C@@H]1SC2=NC(C)=C(C(=O)OCC(C)C)[C@H](c3ccc(OC)c(OC)c3)N2C1=O. The second kappa shape index (κ2) is 9.12. The molecule has 0 aliphatic carbocycles. The van der Waals surface area contributed by atoms with Gasteiger partial charge in [0, 0.05) is 0 Å². The van der Waals surface area contributed by atoms with Crippen LogP contribution in [0.2, 0.25) is 0 Å². The average molecular weight is 433 g/mol. The van der Waals surface area contributed by atoms with Crippen molar-refractivity contribution in [1.82, 2.24) is 4.90 Å². The highest BCUT2D eigenvalue weighted by Crippen LogP contribution is 2.45. The molecule has 1 aromatic rings. The lowest BCUT2D eigenvalue weighted by molar-refractivity contribution is -0.141. The number of nitrogens with zero attached hydrogens (tertiary/aromatic N) is 2. The summed E-state index contributed by atoms with van der Waals surface area (Å²) in [6.45, 7) is 8.01. The molecule has 0 radical (unpaired) electrons. The van der Waals surface area contributed by atoms with Crippen molar-refractivity contribution in [3.05, 3.63) is 35.0 Å². The maximum Gasteiger partial charge on any atom is 0.338 e. The first-order chi connectivity index (χ1) is 14.3. The van der Waals surface area contributed by atoms with Crippen LogP contribution in [-0.2, 0) is 14.3 Å². The van der Waals surface area contributed by atoms with Gasteiger partial charge in [0.1, 0.15) is 0 Å². The number of rotatable bonds is 7. The third-order valence-electron chi connectivity index (χ3n) is 5.01. The lowest BCUT2D eigenvalue weighted by atomic mass is 9.93. The first kappa shape index (κ1) is 22.2. The van der Waals surface area contributed by atoms with Crippen molar-refractivity contribution in [2.24, 2.45) is 10.9 Å². The Bertz CT molecular complexity index is 909. The van der Waals surface area contributed by atoms with Gasteiger partial charge in [-0.15, -0.1) is 0 Å². The molecule has 1 fully saturated rings. The molecule has 1 amide bonds. The van der Waals surface area contributed by atoms with Crippen LogP contribution in [0.25, 0.3) is 0 Å². The van der Waals surface area contributed by atoms with Crippen LogP contribution >= 0.6 is 11.8 Å². The first-order valence-corrected chi connectivity index (χ1v) is 10.9. The van der Waals surface area contributed by atoms with Crippen molar-refractivity contribution < 1.29 is 23.8 Å². The summed E-state index contributed by atoms with van der Waals surface area (Å²) >= 11 is 1.44. The molecule has 0 aromatic heterocycles. The van der Waals surface area contributed by atoms with Crippen LogP contribution in [-0.4, -0.2) is 48.0 Å². The summed E-state index contributed by atoms with van der Waals surface area (Å²) in [6.07, 6.45) is 0.684. The molecule has 8 heteroatoms. The summed E-state index contributed by atoms with van der Waals surface area (Å²) in [5.41, 5.74) is 1.67. The van der Waals surface area contributed by atoms with Gasteiger partial charge in [0.05, 0.1) is 43.4 Å². The highest BCUT2D eigenvalue weighted by Gasteiger charge is 2.47. The zero-order valence-corrected chi connectivity index (χ0v) is 19.0. The number of amidine groups is 1. The maximum atomic E-state index is 13.2. The summed E-state index contributed by atoms with van der Waals surface area (Å²) in [5, 5.41) is 0.398. The Kier molecular flexibility index (Phi) is 6.75. The predicted octanol–water partition coefficient (Wildman–Crippen LogP) is 3.94. The Morgan fingerprint density at radius 2 is 1.93 bits per heavy atom. The minimum Gasteiger partial charge on any atom is -0.493 e. The Morgan fingerprint density at radius 3 is 2.53 bits per heavy atom. The number of allylic oxidation sites excluding steroid dienone is 1. The first-order valence-electron chi connectivity index (χ1n) is 10.0. The molecule has 3 rings (SSSR count). The molecule has 7 nitrogen and oxygen atoms in total. The van der Waals surface area contributed by atoms with Gasteiger partial charge in [-0.3, -0.25) is 9.69 Å². The fraction of sp³-hybridized carbons (Fsp3) is 0.500. The molecule has 2 aliphatic rings. The number of esters is 1. The van der Waals surface area contributed by atoms with Gasteiger partial charge >= 0.3 is 5.97 Å². The summed E-state index contributed by atoms with van der Waals surface area (Å²) < 4.78 is 16.3. The van der Waals surface area contributed by atoms with Gasteiger partial charge < -0.3 is 14.2 Å². The number of thioether (sulfide) groups is 1. The van der Waals surface area contributed by atoms with Crippen molar-refractivity contribution in [2.75, 3.05) is 20.8 Å². The van der Waals surface area contributed by atoms with E-state index >= 15 is 0 Å². The van der Waals surface area contributed by atoms with Crippen LogP contribution in [0.3, 0.4) is 0 Å². The lowest BCUT2D eigenvalue weighted by Gasteiger charge is -2.33. The summed E-state index contributed by atoms with van der Waals surface area (Å²) in [4.78, 5) is 32.4. The van der Waals surface area contributed by atoms with Crippen molar-refractivity contribution in [1.29, 1.82) is 0 Å². The number of carbonyl (C=O) groups is 2. The van der Waals surface area contributed by atoms with E-state index in [1.54, 1.807) is 38.2 Å². The predicted molar refractivity (Wildman–Crippen MR) is 117 cm³/mol. The molecule has 0 N–H and O–H groups in total. The van der Waals surface area contributed by atoms with Crippen LogP contribution < -0.4 is 9.47 Å². The van der Waals surface area contributed by atoms with Crippen molar-refractivity contribution in [3.63, 3.8) is 0 Å². The summed E-state index contributed by atoms with van der Waals surface area (Å²) in [6, 6.07) is 4.78. The number of hydrogen-bond donors (Lipinski definition) is 0. The molecule has 1 aromatic carbocycles. The molecule has 2 aliphatic heterocycles. The molecule has 1 saturated heterocycles. The van der Waals surface area contributed by atoms with Gasteiger partial charge in [0.25, 0.3) is 0 Å². The molecule has 162 valence electrons. The van der Waals surface area contributed by atoms with Crippen LogP contribution in [0.4, 0.5) is 0 Å². The number of hydrogen-bond acceptors (Lipinski definition) is 7. The summed E-state index contributed by atoms with van der Waals surface area (Å²) in [5.74, 6) is 0.789. The van der Waals surface area contributed by atoms with Crippen LogP contribution in [0.1, 0.15) is 45.7 Å². The molecule has 2 atom stereocenters. The normalized spacial score (nSPS) is 21.0. The number of carbonyl (C=O) groups excluding carboxylic acids is 2. The fourth-order valence-electron chi connectivity index (χ4n) is 3.51.